The topological polar surface area (TPSA) is 93.9 Å². The average Bonchev–Trinajstić information content (AvgIpc) is 3.26. The number of Topliss-reactive ketones (excluding diaryl/α,β-unsaturated/α-hetero) is 1. The van der Waals surface area contributed by atoms with Crippen LogP contribution in [0.15, 0.2) is 59.0 Å². The Kier molecular flexibility index (Phi) is 6.08. The maximum atomic E-state index is 12.6. The van der Waals surface area contributed by atoms with E-state index >= 15 is 0 Å². The fourth-order valence-electron chi connectivity index (χ4n) is 3.62. The van der Waals surface area contributed by atoms with Crippen LogP contribution in [-0.2, 0) is 21.2 Å². The Balaban J connectivity index is 1.43. The smallest absolute Gasteiger partial charge is 0.374 e. The van der Waals surface area contributed by atoms with Crippen molar-refractivity contribution in [2.24, 2.45) is 0 Å². The van der Waals surface area contributed by atoms with Crippen LogP contribution in [-0.4, -0.2) is 39.6 Å². The number of furan rings is 1. The summed E-state index contributed by atoms with van der Waals surface area (Å²) in [5.41, 5.74) is 2.34. The summed E-state index contributed by atoms with van der Waals surface area (Å²) in [7, 11) is -3.39. The second-order valence-corrected chi connectivity index (χ2v) is 9.74. The Morgan fingerprint density at radius 1 is 1.12 bits per heavy atom. The normalized spacial score (nSPS) is 13.5. The van der Waals surface area contributed by atoms with Gasteiger partial charge in [0.1, 0.15) is 5.76 Å². The number of aryl methyl sites for hydroxylation is 1. The molecule has 0 N–H and O–H groups in total. The Bertz CT molecular complexity index is 1300. The van der Waals surface area contributed by atoms with Crippen molar-refractivity contribution in [3.05, 3.63) is 76.5 Å². The Hall–Kier alpha value is -3.10. The minimum atomic E-state index is -3.39. The summed E-state index contributed by atoms with van der Waals surface area (Å²) >= 11 is 6.15. The molecule has 2 aromatic carbocycles. The van der Waals surface area contributed by atoms with Gasteiger partial charge in [0, 0.05) is 17.7 Å². The second-order valence-electron chi connectivity index (χ2n) is 7.43. The lowest BCUT2D eigenvalue weighted by Crippen LogP contribution is -2.34. The number of halogens is 1. The number of fused-ring (bicyclic) bond motifs is 1. The van der Waals surface area contributed by atoms with E-state index in [9.17, 15) is 18.0 Å². The maximum Gasteiger partial charge on any atom is 0.374 e. The van der Waals surface area contributed by atoms with Crippen molar-refractivity contribution in [2.75, 3.05) is 23.7 Å². The zero-order valence-electron chi connectivity index (χ0n) is 17.2. The third kappa shape index (κ3) is 4.56. The molecule has 0 radical (unpaired) electrons. The Morgan fingerprint density at radius 3 is 2.66 bits per heavy atom. The number of benzene rings is 2. The van der Waals surface area contributed by atoms with Gasteiger partial charge in [-0.15, -0.1) is 0 Å². The predicted molar refractivity (Wildman–Crippen MR) is 121 cm³/mol. The van der Waals surface area contributed by atoms with Crippen LogP contribution in [0.1, 0.15) is 32.9 Å². The standard InChI is InChI=1S/C23H20ClNO6S/c1-32(28,29)25-12-4-5-15-13-16(8-9-19(15)25)20(26)14-30-23(27)22-11-10-21(31-22)17-6-2-3-7-18(17)24/h2-3,6-11,13H,4-5,12,14H2,1H3. The van der Waals surface area contributed by atoms with Crippen LogP contribution in [0.5, 0.6) is 0 Å². The minimum absolute atomic E-state index is 0.0399. The summed E-state index contributed by atoms with van der Waals surface area (Å²) in [6.45, 7) is -0.0500. The van der Waals surface area contributed by atoms with Gasteiger partial charge in [-0.3, -0.25) is 9.10 Å². The highest BCUT2D eigenvalue weighted by atomic mass is 35.5. The summed E-state index contributed by atoms with van der Waals surface area (Å²) in [5.74, 6) is -0.783. The van der Waals surface area contributed by atoms with E-state index in [2.05, 4.69) is 0 Å². The first kappa shape index (κ1) is 22.1. The quantitative estimate of drug-likeness (QED) is 0.390. The van der Waals surface area contributed by atoms with Gasteiger partial charge in [-0.2, -0.15) is 0 Å². The number of esters is 1. The largest absolute Gasteiger partial charge is 0.451 e. The van der Waals surface area contributed by atoms with Gasteiger partial charge in [0.15, 0.2) is 12.4 Å². The van der Waals surface area contributed by atoms with Gasteiger partial charge in [0.25, 0.3) is 0 Å². The number of ether oxygens (including phenoxy) is 1. The van der Waals surface area contributed by atoms with E-state index in [1.807, 2.05) is 0 Å². The summed E-state index contributed by atoms with van der Waals surface area (Å²) < 4.78 is 36.0. The molecule has 4 rings (SSSR count). The van der Waals surface area contributed by atoms with Gasteiger partial charge in [0.05, 0.1) is 17.0 Å². The molecule has 1 aliphatic heterocycles. The second kappa shape index (κ2) is 8.80. The first-order valence-electron chi connectivity index (χ1n) is 9.90. The molecule has 0 amide bonds. The number of sulfonamides is 1. The number of hydrogen-bond acceptors (Lipinski definition) is 6. The first-order chi connectivity index (χ1) is 15.2. The van der Waals surface area contributed by atoms with E-state index in [0.717, 1.165) is 11.8 Å². The van der Waals surface area contributed by atoms with E-state index in [0.29, 0.717) is 47.0 Å². The summed E-state index contributed by atoms with van der Waals surface area (Å²) in [6, 6.07) is 15.0. The molecule has 0 saturated carbocycles. The van der Waals surface area contributed by atoms with E-state index in [-0.39, 0.29) is 5.76 Å². The van der Waals surface area contributed by atoms with Crippen LogP contribution < -0.4 is 4.31 Å². The molecule has 0 aliphatic carbocycles. The molecule has 9 heteroatoms. The van der Waals surface area contributed by atoms with E-state index in [1.54, 1.807) is 48.5 Å². The minimum Gasteiger partial charge on any atom is -0.451 e. The Morgan fingerprint density at radius 2 is 1.91 bits per heavy atom. The molecule has 1 aliphatic rings. The molecule has 0 saturated heterocycles. The highest BCUT2D eigenvalue weighted by molar-refractivity contribution is 7.92. The summed E-state index contributed by atoms with van der Waals surface area (Å²) in [4.78, 5) is 24.9. The number of carbonyl (C=O) groups is 2. The lowest BCUT2D eigenvalue weighted by atomic mass is 9.99. The summed E-state index contributed by atoms with van der Waals surface area (Å²) in [5, 5.41) is 0.485. The number of ketones is 1. The maximum absolute atomic E-state index is 12.6. The van der Waals surface area contributed by atoms with Crippen LogP contribution in [0.2, 0.25) is 5.02 Å². The summed E-state index contributed by atoms with van der Waals surface area (Å²) in [6.07, 6.45) is 2.49. The molecule has 0 bridgehead atoms. The molecule has 1 aromatic heterocycles. The SMILES string of the molecule is CS(=O)(=O)N1CCCc2cc(C(=O)COC(=O)c3ccc(-c4ccccc4Cl)o3)ccc21. The highest BCUT2D eigenvalue weighted by Gasteiger charge is 2.25. The first-order valence-corrected chi connectivity index (χ1v) is 12.1. The molecule has 166 valence electrons. The number of nitrogens with zero attached hydrogens (tertiary/aromatic N) is 1. The molecule has 0 fully saturated rings. The van der Waals surface area contributed by atoms with Crippen LogP contribution in [0, 0.1) is 0 Å². The predicted octanol–water partition coefficient (Wildman–Crippen LogP) is 4.35. The zero-order valence-corrected chi connectivity index (χ0v) is 18.8. The number of rotatable bonds is 6. The third-order valence-electron chi connectivity index (χ3n) is 5.16. The van der Waals surface area contributed by atoms with Crippen molar-refractivity contribution in [1.29, 1.82) is 0 Å². The van der Waals surface area contributed by atoms with Gasteiger partial charge in [-0.05, 0) is 60.9 Å². The van der Waals surface area contributed by atoms with Crippen LogP contribution >= 0.6 is 11.6 Å². The van der Waals surface area contributed by atoms with Crippen LogP contribution in [0.3, 0.4) is 0 Å². The Labute approximate surface area is 190 Å². The zero-order chi connectivity index (χ0) is 22.9. The number of anilines is 1. The van der Waals surface area contributed by atoms with Crippen molar-refractivity contribution in [3.63, 3.8) is 0 Å². The number of carbonyl (C=O) groups excluding carboxylic acids is 2. The van der Waals surface area contributed by atoms with Crippen LogP contribution in [0.4, 0.5) is 5.69 Å². The third-order valence-corrected chi connectivity index (χ3v) is 6.67. The molecule has 7 nitrogen and oxygen atoms in total. The van der Waals surface area contributed by atoms with E-state index in [4.69, 9.17) is 20.8 Å². The lowest BCUT2D eigenvalue weighted by molar-refractivity contribution is 0.0445. The molecular formula is C23H20ClNO6S. The van der Waals surface area contributed by atoms with Crippen molar-refractivity contribution >= 4 is 39.1 Å². The van der Waals surface area contributed by atoms with Crippen LogP contribution in [0.25, 0.3) is 11.3 Å². The van der Waals surface area contributed by atoms with Gasteiger partial charge >= 0.3 is 5.97 Å². The van der Waals surface area contributed by atoms with Gasteiger partial charge in [-0.1, -0.05) is 23.7 Å². The molecule has 0 unspecified atom stereocenters. The van der Waals surface area contributed by atoms with E-state index < -0.39 is 28.4 Å². The molecule has 0 spiro atoms. The fourth-order valence-corrected chi connectivity index (χ4v) is 4.84. The molecular weight excluding hydrogens is 454 g/mol. The monoisotopic (exact) mass is 473 g/mol. The van der Waals surface area contributed by atoms with Crippen molar-refractivity contribution in [1.82, 2.24) is 0 Å². The molecule has 0 atom stereocenters. The highest BCUT2D eigenvalue weighted by Crippen LogP contribution is 2.31. The molecule has 32 heavy (non-hydrogen) atoms. The van der Waals surface area contributed by atoms with E-state index in [1.165, 1.54) is 10.4 Å². The van der Waals surface area contributed by atoms with Crippen molar-refractivity contribution < 1.29 is 27.2 Å². The molecule has 2 heterocycles. The lowest BCUT2D eigenvalue weighted by Gasteiger charge is -2.29. The average molecular weight is 474 g/mol. The number of hydrogen-bond donors (Lipinski definition) is 0. The van der Waals surface area contributed by atoms with Gasteiger partial charge in [-0.25, -0.2) is 13.2 Å². The van der Waals surface area contributed by atoms with Crippen molar-refractivity contribution in [2.45, 2.75) is 12.8 Å². The fraction of sp³-hybridized carbons (Fsp3) is 0.217. The van der Waals surface area contributed by atoms with Gasteiger partial charge in [0.2, 0.25) is 15.8 Å². The van der Waals surface area contributed by atoms with Crippen molar-refractivity contribution in [3.8, 4) is 11.3 Å². The van der Waals surface area contributed by atoms with Gasteiger partial charge < -0.3 is 9.15 Å². The molecule has 3 aromatic rings.